The Kier molecular flexibility index (Phi) is 7.56. The van der Waals surface area contributed by atoms with Crippen molar-refractivity contribution < 1.29 is 28.6 Å². The summed E-state index contributed by atoms with van der Waals surface area (Å²) in [6.07, 6.45) is 0.381. The van der Waals surface area contributed by atoms with Gasteiger partial charge in [0, 0.05) is 17.7 Å². The molecule has 0 spiro atoms. The van der Waals surface area contributed by atoms with Crippen molar-refractivity contribution in [3.8, 4) is 11.5 Å². The maximum absolute atomic E-state index is 12.2. The first-order chi connectivity index (χ1) is 13.5. The van der Waals surface area contributed by atoms with E-state index in [2.05, 4.69) is 5.32 Å². The quantitative estimate of drug-likeness (QED) is 0.527. The third kappa shape index (κ3) is 5.84. The first-order valence-electron chi connectivity index (χ1n) is 8.76. The molecule has 1 N–H and O–H groups in total. The van der Waals surface area contributed by atoms with Gasteiger partial charge in [-0.25, -0.2) is 0 Å². The number of ether oxygens (including phenoxy) is 3. The normalized spacial score (nSPS) is 10.1. The zero-order valence-corrected chi connectivity index (χ0v) is 16.1. The molecule has 2 rings (SSSR count). The second-order valence-electron chi connectivity index (χ2n) is 5.93. The molecule has 0 aliphatic heterocycles. The minimum atomic E-state index is -0.521. The second-order valence-corrected chi connectivity index (χ2v) is 5.93. The number of amides is 1. The molecule has 0 saturated carbocycles. The highest BCUT2D eigenvalue weighted by molar-refractivity contribution is 5.98. The Hall–Kier alpha value is -3.35. The van der Waals surface area contributed by atoms with E-state index in [1.165, 1.54) is 14.2 Å². The Morgan fingerprint density at radius 2 is 1.61 bits per heavy atom. The molecule has 0 radical (unpaired) electrons. The third-order valence-electron chi connectivity index (χ3n) is 3.97. The molecule has 0 heterocycles. The van der Waals surface area contributed by atoms with Crippen LogP contribution >= 0.6 is 0 Å². The van der Waals surface area contributed by atoms with Crippen LogP contribution in [0.25, 0.3) is 0 Å². The highest BCUT2D eigenvalue weighted by atomic mass is 16.5. The summed E-state index contributed by atoms with van der Waals surface area (Å²) in [6, 6.07) is 11.5. The first-order valence-corrected chi connectivity index (χ1v) is 8.76. The van der Waals surface area contributed by atoms with Gasteiger partial charge in [-0.1, -0.05) is 13.0 Å². The van der Waals surface area contributed by atoms with Crippen LogP contribution in [0.1, 0.15) is 29.3 Å². The molecule has 1 amide bonds. The van der Waals surface area contributed by atoms with Gasteiger partial charge in [-0.3, -0.25) is 14.4 Å². The highest BCUT2D eigenvalue weighted by Crippen LogP contribution is 2.27. The van der Waals surface area contributed by atoms with Crippen LogP contribution in [0.5, 0.6) is 11.5 Å². The second kappa shape index (κ2) is 10.1. The summed E-state index contributed by atoms with van der Waals surface area (Å²) in [5, 5.41) is 2.70. The predicted molar refractivity (Wildman–Crippen MR) is 104 cm³/mol. The monoisotopic (exact) mass is 385 g/mol. The van der Waals surface area contributed by atoms with Gasteiger partial charge in [-0.2, -0.15) is 0 Å². The van der Waals surface area contributed by atoms with Crippen molar-refractivity contribution in [1.29, 1.82) is 0 Å². The molecule has 0 atom stereocenters. The number of ketones is 1. The van der Waals surface area contributed by atoms with Gasteiger partial charge in [0.15, 0.2) is 23.9 Å². The van der Waals surface area contributed by atoms with Crippen LogP contribution in [0.15, 0.2) is 42.5 Å². The minimum absolute atomic E-state index is 0.00955. The molecular formula is C21H23NO6. The number of anilines is 1. The van der Waals surface area contributed by atoms with Gasteiger partial charge >= 0.3 is 5.97 Å². The molecule has 28 heavy (non-hydrogen) atoms. The number of methoxy groups -OCH3 is 2. The Labute approximate surface area is 163 Å². The van der Waals surface area contributed by atoms with Crippen LogP contribution in [-0.4, -0.2) is 38.5 Å². The van der Waals surface area contributed by atoms with E-state index in [0.29, 0.717) is 34.7 Å². The van der Waals surface area contributed by atoms with Gasteiger partial charge in [0.1, 0.15) is 0 Å². The maximum Gasteiger partial charge on any atom is 0.310 e. The summed E-state index contributed by atoms with van der Waals surface area (Å²) >= 11 is 0. The number of Topliss-reactive ketones (excluding diaryl/α,β-unsaturated/α-hetero) is 1. The molecule has 7 nitrogen and oxygen atoms in total. The molecule has 7 heteroatoms. The lowest BCUT2D eigenvalue weighted by Crippen LogP contribution is -2.16. The molecule has 2 aromatic rings. The van der Waals surface area contributed by atoms with Gasteiger partial charge in [0.05, 0.1) is 20.6 Å². The molecule has 0 saturated heterocycles. The average molecular weight is 385 g/mol. The van der Waals surface area contributed by atoms with Crippen molar-refractivity contribution in [2.24, 2.45) is 0 Å². The fourth-order valence-electron chi connectivity index (χ4n) is 2.43. The molecule has 0 fully saturated rings. The van der Waals surface area contributed by atoms with Crippen LogP contribution in [0.2, 0.25) is 0 Å². The Balaban J connectivity index is 1.88. The highest BCUT2D eigenvalue weighted by Gasteiger charge is 2.13. The molecule has 0 unspecified atom stereocenters. The molecule has 2 aromatic carbocycles. The standard InChI is InChI=1S/C21H23NO6/c1-4-20(24)22-16-8-6-15(7-9-16)17(23)13-28-21(25)12-14-5-10-18(26-2)19(11-14)27-3/h5-11H,4,12-13H2,1-3H3,(H,22,24). The maximum atomic E-state index is 12.2. The molecule has 0 bridgehead atoms. The van der Waals surface area contributed by atoms with Crippen LogP contribution in [0, 0.1) is 0 Å². The van der Waals surface area contributed by atoms with E-state index in [9.17, 15) is 14.4 Å². The summed E-state index contributed by atoms with van der Waals surface area (Å²) in [7, 11) is 3.04. The van der Waals surface area contributed by atoms with Crippen molar-refractivity contribution in [3.05, 3.63) is 53.6 Å². The number of carbonyl (C=O) groups is 3. The zero-order valence-electron chi connectivity index (χ0n) is 16.1. The molecule has 148 valence electrons. The van der Waals surface area contributed by atoms with Gasteiger partial charge in [-0.05, 0) is 42.0 Å². The van der Waals surface area contributed by atoms with E-state index < -0.39 is 5.97 Å². The lowest BCUT2D eigenvalue weighted by atomic mass is 10.1. The summed E-state index contributed by atoms with van der Waals surface area (Å²) in [5.74, 6) is 0.122. The van der Waals surface area contributed by atoms with Crippen molar-refractivity contribution in [1.82, 2.24) is 0 Å². The number of nitrogens with one attached hydrogen (secondary N) is 1. The van der Waals surface area contributed by atoms with E-state index in [1.807, 2.05) is 0 Å². The number of rotatable bonds is 9. The van der Waals surface area contributed by atoms with Crippen LogP contribution in [0.4, 0.5) is 5.69 Å². The first kappa shape index (κ1) is 21.0. The van der Waals surface area contributed by atoms with E-state index >= 15 is 0 Å². The average Bonchev–Trinajstić information content (AvgIpc) is 2.72. The number of hydrogen-bond donors (Lipinski definition) is 1. The summed E-state index contributed by atoms with van der Waals surface area (Å²) in [6.45, 7) is 1.40. The molecule has 0 aliphatic rings. The Morgan fingerprint density at radius 1 is 0.929 bits per heavy atom. The predicted octanol–water partition coefficient (Wildman–Crippen LogP) is 3.02. The van der Waals surface area contributed by atoms with Crippen LogP contribution < -0.4 is 14.8 Å². The largest absolute Gasteiger partial charge is 0.493 e. The topological polar surface area (TPSA) is 90.9 Å². The number of benzene rings is 2. The smallest absolute Gasteiger partial charge is 0.310 e. The van der Waals surface area contributed by atoms with Crippen molar-refractivity contribution >= 4 is 23.3 Å². The lowest BCUT2D eigenvalue weighted by Gasteiger charge is -2.09. The summed E-state index contributed by atoms with van der Waals surface area (Å²) < 4.78 is 15.4. The Bertz CT molecular complexity index is 844. The fourth-order valence-corrected chi connectivity index (χ4v) is 2.43. The lowest BCUT2D eigenvalue weighted by molar-refractivity contribution is -0.141. The minimum Gasteiger partial charge on any atom is -0.493 e. The van der Waals surface area contributed by atoms with E-state index in [1.54, 1.807) is 49.4 Å². The Morgan fingerprint density at radius 3 is 2.21 bits per heavy atom. The summed E-state index contributed by atoms with van der Waals surface area (Å²) in [5.41, 5.74) is 1.69. The van der Waals surface area contributed by atoms with Crippen molar-refractivity contribution in [2.75, 3.05) is 26.1 Å². The van der Waals surface area contributed by atoms with Crippen molar-refractivity contribution in [2.45, 2.75) is 19.8 Å². The zero-order chi connectivity index (χ0) is 20.5. The molecule has 0 aromatic heterocycles. The van der Waals surface area contributed by atoms with Crippen LogP contribution in [0.3, 0.4) is 0 Å². The van der Waals surface area contributed by atoms with Gasteiger partial charge in [0.25, 0.3) is 0 Å². The summed E-state index contributed by atoms with van der Waals surface area (Å²) in [4.78, 5) is 35.5. The van der Waals surface area contributed by atoms with Gasteiger partial charge in [-0.15, -0.1) is 0 Å². The third-order valence-corrected chi connectivity index (χ3v) is 3.97. The van der Waals surface area contributed by atoms with Crippen molar-refractivity contribution in [3.63, 3.8) is 0 Å². The molecule has 0 aliphatic carbocycles. The number of hydrogen-bond acceptors (Lipinski definition) is 6. The van der Waals surface area contributed by atoms with E-state index in [4.69, 9.17) is 14.2 Å². The number of carbonyl (C=O) groups excluding carboxylic acids is 3. The van der Waals surface area contributed by atoms with E-state index in [0.717, 1.165) is 0 Å². The van der Waals surface area contributed by atoms with Crippen LogP contribution in [-0.2, 0) is 20.7 Å². The van der Waals surface area contributed by atoms with E-state index in [-0.39, 0.29) is 24.7 Å². The van der Waals surface area contributed by atoms with Gasteiger partial charge < -0.3 is 19.5 Å². The fraction of sp³-hybridized carbons (Fsp3) is 0.286. The van der Waals surface area contributed by atoms with Gasteiger partial charge in [0.2, 0.25) is 5.91 Å². The number of esters is 1. The SMILES string of the molecule is CCC(=O)Nc1ccc(C(=O)COC(=O)Cc2ccc(OC)c(OC)c2)cc1. The molecular weight excluding hydrogens is 362 g/mol.